The van der Waals surface area contributed by atoms with Crippen molar-refractivity contribution in [2.75, 3.05) is 7.05 Å². The zero-order chi connectivity index (χ0) is 14.2. The Labute approximate surface area is 127 Å². The van der Waals surface area contributed by atoms with Gasteiger partial charge < -0.3 is 0 Å². The lowest BCUT2D eigenvalue weighted by Crippen LogP contribution is -2.28. The fourth-order valence-electron chi connectivity index (χ4n) is 1.69. The van der Waals surface area contributed by atoms with E-state index in [-0.39, 0.29) is 5.78 Å². The predicted molar refractivity (Wildman–Crippen MR) is 82.6 cm³/mol. The van der Waals surface area contributed by atoms with Gasteiger partial charge in [0.1, 0.15) is 0 Å². The summed E-state index contributed by atoms with van der Waals surface area (Å²) < 4.78 is 18.4. The highest BCUT2D eigenvalue weighted by Crippen LogP contribution is 2.30. The van der Waals surface area contributed by atoms with Gasteiger partial charge in [-0.3, -0.25) is 9.10 Å². The third kappa shape index (κ3) is 2.88. The molecule has 0 N–H and O–H groups in total. The van der Waals surface area contributed by atoms with Gasteiger partial charge in [-0.15, -0.1) is 11.3 Å². The Bertz CT molecular complexity index is 619. The van der Waals surface area contributed by atoms with Gasteiger partial charge in [0, 0.05) is 23.3 Å². The van der Waals surface area contributed by atoms with Gasteiger partial charge in [-0.05, 0) is 34.5 Å². The zero-order valence-corrected chi connectivity index (χ0v) is 14.0. The summed E-state index contributed by atoms with van der Waals surface area (Å²) in [6.45, 7) is 3.54. The Balaban J connectivity index is 2.46. The van der Waals surface area contributed by atoms with Crippen LogP contribution in [0.3, 0.4) is 0 Å². The lowest BCUT2D eigenvalue weighted by Gasteiger charge is -2.20. The van der Waals surface area contributed by atoms with E-state index in [1.807, 2.05) is 6.07 Å². The van der Waals surface area contributed by atoms with E-state index in [1.54, 1.807) is 24.5 Å². The molecule has 1 aliphatic rings. The van der Waals surface area contributed by atoms with Crippen LogP contribution in [0.5, 0.6) is 0 Å². The van der Waals surface area contributed by atoms with Gasteiger partial charge in [-0.1, -0.05) is 6.92 Å². The van der Waals surface area contributed by atoms with Crippen molar-refractivity contribution in [2.45, 2.75) is 20.3 Å². The van der Waals surface area contributed by atoms with Crippen LogP contribution >= 0.6 is 27.3 Å². The van der Waals surface area contributed by atoms with E-state index in [2.05, 4.69) is 27.3 Å². The Kier molecular flexibility index (Phi) is 4.37. The van der Waals surface area contributed by atoms with E-state index < -0.39 is 11.2 Å². The van der Waals surface area contributed by atoms with Crippen molar-refractivity contribution in [2.24, 2.45) is 4.40 Å². The average Bonchev–Trinajstić information content (AvgIpc) is 2.73. The third-order valence-electron chi connectivity index (χ3n) is 2.72. The van der Waals surface area contributed by atoms with Crippen LogP contribution in [-0.2, 0) is 22.4 Å². The van der Waals surface area contributed by atoms with Crippen molar-refractivity contribution < 1.29 is 9.00 Å². The molecule has 0 bridgehead atoms. The molecule has 0 aromatic carbocycles. The molecule has 0 aliphatic carbocycles. The lowest BCUT2D eigenvalue weighted by atomic mass is 10.2. The fraction of sp³-hybridized carbons (Fsp3) is 0.333. The van der Waals surface area contributed by atoms with Gasteiger partial charge in [0.25, 0.3) is 0 Å². The van der Waals surface area contributed by atoms with Crippen molar-refractivity contribution in [1.29, 1.82) is 0 Å². The number of thiophene rings is 1. The number of aryl methyl sites for hydroxylation is 1. The first kappa shape index (κ1) is 14.6. The molecule has 0 fully saturated rings. The Morgan fingerprint density at radius 2 is 2.26 bits per heavy atom. The van der Waals surface area contributed by atoms with Crippen molar-refractivity contribution in [3.8, 4) is 0 Å². The summed E-state index contributed by atoms with van der Waals surface area (Å²) in [6, 6.07) is 1.96. The first-order valence-electron chi connectivity index (χ1n) is 5.69. The summed E-state index contributed by atoms with van der Waals surface area (Å²) in [5.74, 6) is -0.116. The number of likely N-dealkylation sites (N-methyl/N-ethyl adjacent to an activating group) is 1. The molecule has 0 amide bonds. The van der Waals surface area contributed by atoms with E-state index in [0.717, 1.165) is 15.8 Å². The lowest BCUT2D eigenvalue weighted by molar-refractivity contribution is -0.114. The number of ketones is 1. The number of halogens is 1. The van der Waals surface area contributed by atoms with Crippen LogP contribution in [0.4, 0.5) is 0 Å². The van der Waals surface area contributed by atoms with Crippen molar-refractivity contribution in [3.05, 3.63) is 32.1 Å². The molecule has 4 nitrogen and oxygen atoms in total. The molecule has 1 atom stereocenters. The third-order valence-corrected chi connectivity index (χ3v) is 6.01. The van der Waals surface area contributed by atoms with Crippen LogP contribution in [0.2, 0.25) is 0 Å². The van der Waals surface area contributed by atoms with E-state index in [0.29, 0.717) is 11.4 Å². The monoisotopic (exact) mass is 360 g/mol. The second-order valence-electron chi connectivity index (χ2n) is 4.03. The molecule has 102 valence electrons. The van der Waals surface area contributed by atoms with Gasteiger partial charge in [0.15, 0.2) is 5.78 Å². The number of allylic oxidation sites excluding steroid dienone is 2. The highest BCUT2D eigenvalue weighted by Gasteiger charge is 2.23. The number of carbonyl (C=O) groups is 1. The Hall–Kier alpha value is -0.790. The SMILES string of the molecule is CCc1sc(C2=NS(=O)N(C)C(C(C)=O)=C2)cc1Br. The van der Waals surface area contributed by atoms with Gasteiger partial charge in [0.2, 0.25) is 11.2 Å². The quantitative estimate of drug-likeness (QED) is 0.831. The maximum atomic E-state index is 11.9. The second-order valence-corrected chi connectivity index (χ2v) is 7.21. The highest BCUT2D eigenvalue weighted by atomic mass is 79.9. The minimum atomic E-state index is -1.54. The molecule has 1 aliphatic heterocycles. The van der Waals surface area contributed by atoms with Crippen LogP contribution in [0, 0.1) is 0 Å². The van der Waals surface area contributed by atoms with E-state index in [9.17, 15) is 9.00 Å². The van der Waals surface area contributed by atoms with E-state index in [4.69, 9.17) is 0 Å². The molecule has 1 aromatic heterocycles. The topological polar surface area (TPSA) is 49.7 Å². The summed E-state index contributed by atoms with van der Waals surface area (Å²) in [5, 5.41) is 0. The summed E-state index contributed by atoms with van der Waals surface area (Å²) in [7, 11) is 1.60. The molecule has 1 aromatic rings. The van der Waals surface area contributed by atoms with E-state index in [1.165, 1.54) is 16.1 Å². The van der Waals surface area contributed by atoms with E-state index >= 15 is 0 Å². The number of hydrogen-bond acceptors (Lipinski definition) is 3. The summed E-state index contributed by atoms with van der Waals surface area (Å²) in [5.41, 5.74) is 1.03. The average molecular weight is 361 g/mol. The maximum Gasteiger partial charge on any atom is 0.246 e. The molecule has 0 saturated carbocycles. The molecule has 0 spiro atoms. The number of hydrogen-bond donors (Lipinski definition) is 0. The van der Waals surface area contributed by atoms with Crippen LogP contribution in [0.25, 0.3) is 0 Å². The van der Waals surface area contributed by atoms with Crippen LogP contribution < -0.4 is 0 Å². The van der Waals surface area contributed by atoms with Crippen molar-refractivity contribution in [1.82, 2.24) is 4.31 Å². The first-order chi connectivity index (χ1) is 8.93. The molecule has 0 radical (unpaired) electrons. The Morgan fingerprint density at radius 3 is 2.79 bits per heavy atom. The summed E-state index contributed by atoms with van der Waals surface area (Å²) in [4.78, 5) is 13.7. The first-order valence-corrected chi connectivity index (χ1v) is 8.37. The number of rotatable bonds is 3. The normalized spacial score (nSPS) is 19.2. The number of nitrogens with zero attached hydrogens (tertiary/aromatic N) is 2. The van der Waals surface area contributed by atoms with Gasteiger partial charge in [-0.2, -0.15) is 4.40 Å². The predicted octanol–water partition coefficient (Wildman–Crippen LogP) is 2.86. The largest absolute Gasteiger partial charge is 0.293 e. The van der Waals surface area contributed by atoms with Crippen LogP contribution in [-0.4, -0.2) is 27.1 Å². The number of Topliss-reactive ketones (excluding diaryl/α,β-unsaturated/α-hetero) is 1. The highest BCUT2D eigenvalue weighted by molar-refractivity contribution is 9.10. The molecular formula is C12H13BrN2O2S2. The van der Waals surface area contributed by atoms with Gasteiger partial charge in [0.05, 0.1) is 16.3 Å². The molecule has 19 heavy (non-hydrogen) atoms. The second kappa shape index (κ2) is 5.68. The standard InChI is InChI=1S/C12H13BrN2O2S2/c1-4-11-8(13)5-12(18-11)9-6-10(7(2)16)15(3)19(17)14-9/h5-6H,4H2,1-3H3. The molecule has 2 rings (SSSR count). The smallest absolute Gasteiger partial charge is 0.246 e. The summed E-state index contributed by atoms with van der Waals surface area (Å²) in [6.07, 6.45) is 2.62. The van der Waals surface area contributed by atoms with Crippen LogP contribution in [0.15, 0.2) is 26.7 Å². The van der Waals surface area contributed by atoms with Gasteiger partial charge >= 0.3 is 0 Å². The Morgan fingerprint density at radius 1 is 1.58 bits per heavy atom. The number of carbonyl (C=O) groups excluding carboxylic acids is 1. The minimum absolute atomic E-state index is 0.116. The zero-order valence-electron chi connectivity index (χ0n) is 10.8. The minimum Gasteiger partial charge on any atom is -0.293 e. The maximum absolute atomic E-state index is 11.9. The molecule has 0 saturated heterocycles. The fourth-order valence-corrected chi connectivity index (χ4v) is 4.39. The van der Waals surface area contributed by atoms with Gasteiger partial charge in [-0.25, -0.2) is 4.21 Å². The molecular weight excluding hydrogens is 348 g/mol. The van der Waals surface area contributed by atoms with Crippen molar-refractivity contribution in [3.63, 3.8) is 0 Å². The van der Waals surface area contributed by atoms with Crippen molar-refractivity contribution >= 4 is 49.9 Å². The van der Waals surface area contributed by atoms with Crippen LogP contribution in [0.1, 0.15) is 23.6 Å². The summed E-state index contributed by atoms with van der Waals surface area (Å²) >= 11 is 3.55. The molecule has 1 unspecified atom stereocenters. The molecule has 7 heteroatoms. The molecule has 2 heterocycles.